The summed E-state index contributed by atoms with van der Waals surface area (Å²) < 4.78 is 0. The molecule has 5 nitrogen and oxygen atoms in total. The van der Waals surface area contributed by atoms with Crippen LogP contribution in [0.5, 0.6) is 0 Å². The fraction of sp³-hybridized carbons (Fsp3) is 0.818. The van der Waals surface area contributed by atoms with E-state index < -0.39 is 0 Å². The molecule has 0 rings (SSSR count). The van der Waals surface area contributed by atoms with Crippen molar-refractivity contribution in [2.45, 2.75) is 39.5 Å². The number of nitrogens with two attached hydrogens (primary N) is 1. The Kier molecular flexibility index (Phi) is 9.46. The average molecular weight is 228 g/mol. The zero-order valence-electron chi connectivity index (χ0n) is 10.4. The molecule has 0 aliphatic carbocycles. The minimum absolute atomic E-state index is 0.0307. The molecule has 0 aromatic rings. The number of hydrogen-bond acceptors (Lipinski definition) is 2. The van der Waals surface area contributed by atoms with E-state index in [1.54, 1.807) is 0 Å². The van der Waals surface area contributed by atoms with Crippen molar-refractivity contribution in [2.75, 3.05) is 19.6 Å². The molecular weight excluding hydrogens is 204 g/mol. The molecular formula is C11H24N4O. The summed E-state index contributed by atoms with van der Waals surface area (Å²) in [5.41, 5.74) is 5.63. The molecule has 0 atom stereocenters. The highest BCUT2D eigenvalue weighted by Gasteiger charge is 1.92. The molecule has 5 heteroatoms. The van der Waals surface area contributed by atoms with Crippen molar-refractivity contribution < 1.29 is 4.79 Å². The van der Waals surface area contributed by atoms with Crippen molar-refractivity contribution in [3.05, 3.63) is 0 Å². The lowest BCUT2D eigenvalue weighted by molar-refractivity contribution is -0.118. The lowest BCUT2D eigenvalue weighted by atomic mass is 10.2. The summed E-state index contributed by atoms with van der Waals surface area (Å²) in [7, 11) is 0. The highest BCUT2D eigenvalue weighted by molar-refractivity contribution is 5.78. The van der Waals surface area contributed by atoms with Gasteiger partial charge in [0.15, 0.2) is 5.96 Å². The highest BCUT2D eigenvalue weighted by atomic mass is 16.1. The largest absolute Gasteiger partial charge is 0.370 e. The van der Waals surface area contributed by atoms with Crippen LogP contribution in [0.3, 0.4) is 0 Å². The SMILES string of the molecule is CCCCCCN=C(N)NCCNC(C)=O. The van der Waals surface area contributed by atoms with Gasteiger partial charge in [0.1, 0.15) is 0 Å². The van der Waals surface area contributed by atoms with Gasteiger partial charge in [-0.1, -0.05) is 26.2 Å². The van der Waals surface area contributed by atoms with E-state index in [0.717, 1.165) is 13.0 Å². The molecule has 0 radical (unpaired) electrons. The summed E-state index contributed by atoms with van der Waals surface area (Å²) in [4.78, 5) is 14.7. The number of carbonyl (C=O) groups excluding carboxylic acids is 1. The third kappa shape index (κ3) is 10.8. The van der Waals surface area contributed by atoms with Gasteiger partial charge in [-0.25, -0.2) is 0 Å². The maximum Gasteiger partial charge on any atom is 0.216 e. The monoisotopic (exact) mass is 228 g/mol. The van der Waals surface area contributed by atoms with Gasteiger partial charge in [0.05, 0.1) is 0 Å². The van der Waals surface area contributed by atoms with E-state index in [4.69, 9.17) is 5.73 Å². The summed E-state index contributed by atoms with van der Waals surface area (Å²) in [5, 5.41) is 5.61. The second kappa shape index (κ2) is 10.3. The van der Waals surface area contributed by atoms with Crippen LogP contribution in [0.25, 0.3) is 0 Å². The number of guanidine groups is 1. The van der Waals surface area contributed by atoms with Crippen molar-refractivity contribution in [3.8, 4) is 0 Å². The normalized spacial score (nSPS) is 11.2. The topological polar surface area (TPSA) is 79.5 Å². The lowest BCUT2D eigenvalue weighted by Gasteiger charge is -2.05. The highest BCUT2D eigenvalue weighted by Crippen LogP contribution is 1.98. The number of unbranched alkanes of at least 4 members (excludes halogenated alkanes) is 3. The lowest BCUT2D eigenvalue weighted by Crippen LogP contribution is -2.38. The number of amides is 1. The molecule has 0 saturated heterocycles. The molecule has 0 aromatic heterocycles. The Morgan fingerprint density at radius 1 is 1.19 bits per heavy atom. The van der Waals surface area contributed by atoms with Crippen LogP contribution >= 0.6 is 0 Å². The van der Waals surface area contributed by atoms with Crippen LogP contribution in [0.4, 0.5) is 0 Å². The number of carbonyl (C=O) groups is 1. The Bertz CT molecular complexity index is 216. The fourth-order valence-corrected chi connectivity index (χ4v) is 1.22. The van der Waals surface area contributed by atoms with Gasteiger partial charge in [-0.05, 0) is 6.42 Å². The van der Waals surface area contributed by atoms with Gasteiger partial charge >= 0.3 is 0 Å². The van der Waals surface area contributed by atoms with Crippen LogP contribution in [-0.2, 0) is 4.79 Å². The second-order valence-electron chi connectivity index (χ2n) is 3.74. The molecule has 0 unspecified atom stereocenters. The zero-order valence-corrected chi connectivity index (χ0v) is 10.4. The maximum atomic E-state index is 10.6. The third-order valence-corrected chi connectivity index (χ3v) is 2.10. The summed E-state index contributed by atoms with van der Waals surface area (Å²) in [5.74, 6) is 0.429. The predicted molar refractivity (Wildman–Crippen MR) is 67.3 cm³/mol. The van der Waals surface area contributed by atoms with Crippen LogP contribution in [0.1, 0.15) is 39.5 Å². The minimum Gasteiger partial charge on any atom is -0.370 e. The number of hydrogen-bond donors (Lipinski definition) is 3. The molecule has 0 saturated carbocycles. The van der Waals surface area contributed by atoms with Crippen LogP contribution in [0, 0.1) is 0 Å². The Hall–Kier alpha value is -1.26. The third-order valence-electron chi connectivity index (χ3n) is 2.10. The van der Waals surface area contributed by atoms with E-state index in [-0.39, 0.29) is 5.91 Å². The molecule has 0 aliphatic rings. The molecule has 0 aromatic carbocycles. The molecule has 0 aliphatic heterocycles. The van der Waals surface area contributed by atoms with Gasteiger partial charge in [0.25, 0.3) is 0 Å². The second-order valence-corrected chi connectivity index (χ2v) is 3.74. The van der Waals surface area contributed by atoms with E-state index >= 15 is 0 Å². The minimum atomic E-state index is -0.0307. The van der Waals surface area contributed by atoms with E-state index in [1.165, 1.54) is 26.2 Å². The van der Waals surface area contributed by atoms with Crippen molar-refractivity contribution in [1.82, 2.24) is 10.6 Å². The summed E-state index contributed by atoms with van der Waals surface area (Å²) in [6, 6.07) is 0. The molecule has 1 amide bonds. The number of aliphatic imine (C=N–C) groups is 1. The Labute approximate surface area is 97.9 Å². The Balaban J connectivity index is 3.37. The Morgan fingerprint density at radius 2 is 1.88 bits per heavy atom. The molecule has 4 N–H and O–H groups in total. The summed E-state index contributed by atoms with van der Waals surface area (Å²) in [6.07, 6.45) is 4.78. The van der Waals surface area contributed by atoms with Crippen molar-refractivity contribution in [3.63, 3.8) is 0 Å². The Morgan fingerprint density at radius 3 is 2.50 bits per heavy atom. The van der Waals surface area contributed by atoms with Crippen molar-refractivity contribution >= 4 is 11.9 Å². The van der Waals surface area contributed by atoms with E-state index in [1.807, 2.05) is 0 Å². The first-order valence-corrected chi connectivity index (χ1v) is 5.95. The smallest absolute Gasteiger partial charge is 0.216 e. The standard InChI is InChI=1S/C11H24N4O/c1-3-4-5-6-7-14-11(12)15-9-8-13-10(2)16/h3-9H2,1-2H3,(H,13,16)(H3,12,14,15). The zero-order chi connectivity index (χ0) is 12.2. The number of nitrogens with zero attached hydrogens (tertiary/aromatic N) is 1. The van der Waals surface area contributed by atoms with E-state index in [9.17, 15) is 4.79 Å². The number of rotatable bonds is 8. The van der Waals surface area contributed by atoms with Gasteiger partial charge in [-0.15, -0.1) is 0 Å². The number of nitrogens with one attached hydrogen (secondary N) is 2. The first kappa shape index (κ1) is 14.7. The maximum absolute atomic E-state index is 10.6. The molecule has 0 bridgehead atoms. The van der Waals surface area contributed by atoms with Gasteiger partial charge < -0.3 is 16.4 Å². The van der Waals surface area contributed by atoms with Crippen molar-refractivity contribution in [1.29, 1.82) is 0 Å². The van der Waals surface area contributed by atoms with Crippen LogP contribution in [0.2, 0.25) is 0 Å². The van der Waals surface area contributed by atoms with Gasteiger partial charge in [0, 0.05) is 26.6 Å². The van der Waals surface area contributed by atoms with E-state index in [2.05, 4.69) is 22.5 Å². The van der Waals surface area contributed by atoms with Gasteiger partial charge in [0.2, 0.25) is 5.91 Å². The molecule has 0 heterocycles. The quantitative estimate of drug-likeness (QED) is 0.323. The summed E-state index contributed by atoms with van der Waals surface area (Å²) >= 11 is 0. The first-order chi connectivity index (χ1) is 7.66. The molecule has 0 spiro atoms. The molecule has 94 valence electrons. The van der Waals surface area contributed by atoms with Gasteiger partial charge in [-0.3, -0.25) is 9.79 Å². The average Bonchev–Trinajstić information content (AvgIpc) is 2.24. The van der Waals surface area contributed by atoms with Crippen LogP contribution < -0.4 is 16.4 Å². The predicted octanol–water partition coefficient (Wildman–Crippen LogP) is 0.607. The first-order valence-electron chi connectivity index (χ1n) is 5.95. The van der Waals surface area contributed by atoms with Crippen LogP contribution in [-0.4, -0.2) is 31.5 Å². The van der Waals surface area contributed by atoms with Crippen molar-refractivity contribution in [2.24, 2.45) is 10.7 Å². The van der Waals surface area contributed by atoms with Crippen LogP contribution in [0.15, 0.2) is 4.99 Å². The van der Waals surface area contributed by atoms with Gasteiger partial charge in [-0.2, -0.15) is 0 Å². The van der Waals surface area contributed by atoms with E-state index in [0.29, 0.717) is 19.0 Å². The summed E-state index contributed by atoms with van der Waals surface area (Å²) in [6.45, 7) is 5.64. The molecule has 0 fully saturated rings. The fourth-order valence-electron chi connectivity index (χ4n) is 1.22. The molecule has 16 heavy (non-hydrogen) atoms.